The molecule has 22 heavy (non-hydrogen) atoms. The molecule has 0 aromatic heterocycles. The van der Waals surface area contributed by atoms with Crippen LogP contribution in [0, 0.1) is 23.2 Å². The van der Waals surface area contributed by atoms with E-state index in [4.69, 9.17) is 4.74 Å². The maximum atomic E-state index is 12.4. The van der Waals surface area contributed by atoms with Gasteiger partial charge in [0.1, 0.15) is 13.2 Å². The molecule has 4 fully saturated rings. The molecule has 0 aromatic carbocycles. The van der Waals surface area contributed by atoms with Gasteiger partial charge in [-0.05, 0) is 56.3 Å². The Bertz CT molecular complexity index is 406. The second-order valence-corrected chi connectivity index (χ2v) is 6.80. The van der Waals surface area contributed by atoms with E-state index in [2.05, 4.69) is 4.74 Å². The molecular weight excluding hydrogens is 305 g/mol. The van der Waals surface area contributed by atoms with Crippen LogP contribution in [-0.4, -0.2) is 61.1 Å². The number of hydrogen-bond donors (Lipinski definition) is 0. The Balaban J connectivity index is 0.00000176. The van der Waals surface area contributed by atoms with Crippen LogP contribution in [0.4, 0.5) is 8.78 Å². The quantitative estimate of drug-likeness (QED) is 0.442. The minimum absolute atomic E-state index is 0. The van der Waals surface area contributed by atoms with Crippen LogP contribution in [0.15, 0.2) is 0 Å². The summed E-state index contributed by atoms with van der Waals surface area (Å²) in [5, 5.41) is 0. The largest absolute Gasteiger partial charge is 0.462 e. The summed E-state index contributed by atoms with van der Waals surface area (Å²) >= 11 is 0. The van der Waals surface area contributed by atoms with E-state index in [0.717, 1.165) is 19.3 Å². The molecule has 119 valence electrons. The fourth-order valence-electron chi connectivity index (χ4n) is 4.85. The van der Waals surface area contributed by atoms with Gasteiger partial charge in [0.15, 0.2) is 0 Å². The summed E-state index contributed by atoms with van der Waals surface area (Å²) in [4.78, 5) is 23.0. The summed E-state index contributed by atoms with van der Waals surface area (Å²) in [7, 11) is 0. The maximum absolute atomic E-state index is 12.4. The maximum Gasteiger partial charge on any atom is 0.373 e. The summed E-state index contributed by atoms with van der Waals surface area (Å²) in [6.45, 7) is -0.444. The van der Waals surface area contributed by atoms with Gasteiger partial charge in [-0.2, -0.15) is 8.78 Å². The fourth-order valence-corrected chi connectivity index (χ4v) is 4.85. The van der Waals surface area contributed by atoms with E-state index in [1.54, 1.807) is 0 Å². The second-order valence-electron chi connectivity index (χ2n) is 6.80. The Morgan fingerprint density at radius 2 is 1.41 bits per heavy atom. The van der Waals surface area contributed by atoms with E-state index in [1.165, 1.54) is 19.3 Å². The Kier molecular flexibility index (Phi) is 5.89. The van der Waals surface area contributed by atoms with Crippen molar-refractivity contribution in [1.82, 2.24) is 0 Å². The van der Waals surface area contributed by atoms with Gasteiger partial charge in [-0.1, -0.05) is 0 Å². The average molecular weight is 325 g/mol. The molecule has 4 aliphatic carbocycles. The van der Waals surface area contributed by atoms with E-state index in [9.17, 15) is 18.4 Å². The minimum Gasteiger partial charge on any atom is -0.462 e. The summed E-state index contributed by atoms with van der Waals surface area (Å²) in [6.07, 6.45) is 3.26. The monoisotopic (exact) mass is 325 g/mol. The first-order valence-electron chi connectivity index (χ1n) is 7.60. The molecule has 0 spiro atoms. The van der Waals surface area contributed by atoms with E-state index < -0.39 is 12.4 Å². The third-order valence-corrected chi connectivity index (χ3v) is 5.21. The molecule has 0 N–H and O–H groups in total. The van der Waals surface area contributed by atoms with Crippen molar-refractivity contribution in [3.63, 3.8) is 0 Å². The number of alkyl halides is 2. The van der Waals surface area contributed by atoms with Crippen molar-refractivity contribution >= 4 is 41.5 Å². The third-order valence-electron chi connectivity index (χ3n) is 5.21. The molecule has 0 aliphatic heterocycles. The van der Waals surface area contributed by atoms with Crippen molar-refractivity contribution in [2.75, 3.05) is 13.2 Å². The van der Waals surface area contributed by atoms with E-state index in [1.807, 2.05) is 0 Å². The van der Waals surface area contributed by atoms with Crippen molar-refractivity contribution in [2.45, 2.75) is 45.0 Å². The molecule has 0 heterocycles. The summed E-state index contributed by atoms with van der Waals surface area (Å²) in [5.74, 6) is 0.122. The Hall–Kier alpha value is -0.200. The molecule has 0 saturated heterocycles. The van der Waals surface area contributed by atoms with E-state index in [-0.39, 0.29) is 54.2 Å². The van der Waals surface area contributed by atoms with Crippen molar-refractivity contribution in [1.29, 1.82) is 0 Å². The van der Waals surface area contributed by atoms with Gasteiger partial charge >= 0.3 is 18.4 Å². The second kappa shape index (κ2) is 7.14. The van der Waals surface area contributed by atoms with Crippen LogP contribution in [0.2, 0.25) is 0 Å². The number of carbonyl (C=O) groups is 2. The standard InChI is InChI=1S/C15H20F2O4.Na/c16-12(17)13(18)20-1-2-21-14(19)15-6-9-3-10(7-15)5-11(4-9)8-15;/h9-12H,1-8H2;. The van der Waals surface area contributed by atoms with Gasteiger partial charge in [0.25, 0.3) is 0 Å². The average Bonchev–Trinajstić information content (AvgIpc) is 2.41. The molecule has 4 saturated carbocycles. The minimum atomic E-state index is -3.14. The zero-order valence-corrected chi connectivity index (χ0v) is 14.9. The van der Waals surface area contributed by atoms with Crippen LogP contribution < -0.4 is 0 Å². The van der Waals surface area contributed by atoms with E-state index >= 15 is 0 Å². The molecule has 1 radical (unpaired) electrons. The molecule has 4 rings (SSSR count). The topological polar surface area (TPSA) is 52.6 Å². The molecule has 7 heteroatoms. The molecule has 4 aliphatic rings. The van der Waals surface area contributed by atoms with Gasteiger partial charge in [-0.25, -0.2) is 4.79 Å². The van der Waals surface area contributed by atoms with Crippen LogP contribution in [0.1, 0.15) is 38.5 Å². The van der Waals surface area contributed by atoms with Crippen molar-refractivity contribution < 1.29 is 27.8 Å². The van der Waals surface area contributed by atoms with Crippen molar-refractivity contribution in [3.8, 4) is 0 Å². The van der Waals surface area contributed by atoms with Gasteiger partial charge < -0.3 is 9.47 Å². The first-order valence-corrected chi connectivity index (χ1v) is 7.60. The molecule has 0 amide bonds. The zero-order chi connectivity index (χ0) is 15.0. The number of hydrogen-bond acceptors (Lipinski definition) is 4. The zero-order valence-electron chi connectivity index (χ0n) is 12.9. The van der Waals surface area contributed by atoms with Crippen molar-refractivity contribution in [3.05, 3.63) is 0 Å². The van der Waals surface area contributed by atoms with Gasteiger partial charge in [-0.3, -0.25) is 4.79 Å². The first-order chi connectivity index (χ1) is 9.98. The summed E-state index contributed by atoms with van der Waals surface area (Å²) in [5.41, 5.74) is -0.360. The number of carbonyl (C=O) groups excluding carboxylic acids is 2. The number of esters is 2. The molecule has 0 atom stereocenters. The Morgan fingerprint density at radius 1 is 0.955 bits per heavy atom. The number of halogens is 2. The number of rotatable bonds is 5. The van der Waals surface area contributed by atoms with Crippen LogP contribution in [0.25, 0.3) is 0 Å². The van der Waals surface area contributed by atoms with E-state index in [0.29, 0.717) is 17.8 Å². The van der Waals surface area contributed by atoms with Gasteiger partial charge in [-0.15, -0.1) is 0 Å². The van der Waals surface area contributed by atoms with Gasteiger partial charge in [0.2, 0.25) is 0 Å². The molecule has 0 unspecified atom stereocenters. The Labute approximate surface area is 150 Å². The van der Waals surface area contributed by atoms with Gasteiger partial charge in [0, 0.05) is 29.6 Å². The molecular formula is C15H20F2NaO4. The fraction of sp³-hybridized carbons (Fsp3) is 0.867. The smallest absolute Gasteiger partial charge is 0.373 e. The predicted molar refractivity (Wildman–Crippen MR) is 74.3 cm³/mol. The predicted octanol–water partition coefficient (Wildman–Crippen LogP) is 2.17. The van der Waals surface area contributed by atoms with Crippen LogP contribution in [-0.2, 0) is 19.1 Å². The van der Waals surface area contributed by atoms with Crippen molar-refractivity contribution in [2.24, 2.45) is 23.2 Å². The van der Waals surface area contributed by atoms with Crippen LogP contribution in [0.5, 0.6) is 0 Å². The summed E-state index contributed by atoms with van der Waals surface area (Å²) in [6, 6.07) is 0. The summed E-state index contributed by atoms with van der Waals surface area (Å²) < 4.78 is 33.4. The normalized spacial score (nSPS) is 35.1. The number of ether oxygens (including phenoxy) is 2. The van der Waals surface area contributed by atoms with Crippen LogP contribution >= 0.6 is 0 Å². The van der Waals surface area contributed by atoms with Crippen LogP contribution in [0.3, 0.4) is 0 Å². The first kappa shape index (κ1) is 18.1. The molecule has 4 bridgehead atoms. The molecule has 0 aromatic rings. The molecule has 4 nitrogen and oxygen atoms in total. The SMILES string of the molecule is O=C(OCCOC(=O)C12CC3CC(CC(C3)C1)C2)C(F)F.[Na]. The Morgan fingerprint density at radius 3 is 1.86 bits per heavy atom. The third kappa shape index (κ3) is 3.65. The van der Waals surface area contributed by atoms with Gasteiger partial charge in [0.05, 0.1) is 5.41 Å².